The van der Waals surface area contributed by atoms with Gasteiger partial charge in [-0.2, -0.15) is 0 Å². The molecule has 27 heavy (non-hydrogen) atoms. The quantitative estimate of drug-likeness (QED) is 0.813. The van der Waals surface area contributed by atoms with Gasteiger partial charge in [-0.25, -0.2) is 4.98 Å². The minimum atomic E-state index is 0.103. The number of amides is 1. The molecule has 2 aliphatic rings. The Hall–Kier alpha value is -2.36. The van der Waals surface area contributed by atoms with Crippen molar-refractivity contribution in [2.45, 2.75) is 63.5 Å². The van der Waals surface area contributed by atoms with E-state index < -0.39 is 0 Å². The molecule has 0 radical (unpaired) electrons. The monoisotopic (exact) mass is 363 g/mol. The van der Waals surface area contributed by atoms with Crippen molar-refractivity contribution in [1.29, 1.82) is 0 Å². The highest BCUT2D eigenvalue weighted by Gasteiger charge is 2.31. The number of piperidine rings is 1. The van der Waals surface area contributed by atoms with Crippen LogP contribution >= 0.6 is 0 Å². The molecule has 1 saturated carbocycles. The summed E-state index contributed by atoms with van der Waals surface area (Å²) in [5, 5.41) is 3.70. The zero-order valence-corrected chi connectivity index (χ0v) is 15.9. The van der Waals surface area contributed by atoms with Crippen molar-refractivity contribution in [2.75, 3.05) is 11.9 Å². The summed E-state index contributed by atoms with van der Waals surface area (Å²) in [6, 6.07) is 14.4. The van der Waals surface area contributed by atoms with Gasteiger partial charge in [0.2, 0.25) is 0 Å². The van der Waals surface area contributed by atoms with Crippen LogP contribution in [-0.2, 0) is 0 Å². The van der Waals surface area contributed by atoms with Crippen LogP contribution in [0.25, 0.3) is 0 Å². The van der Waals surface area contributed by atoms with Gasteiger partial charge in [0.15, 0.2) is 0 Å². The zero-order valence-electron chi connectivity index (χ0n) is 15.9. The second-order valence-corrected chi connectivity index (χ2v) is 7.80. The molecule has 0 bridgehead atoms. The Balaban J connectivity index is 1.59. The molecule has 4 nitrogen and oxygen atoms in total. The number of nitrogens with zero attached hydrogens (tertiary/aromatic N) is 2. The van der Waals surface area contributed by atoms with Crippen LogP contribution in [0.1, 0.15) is 73.3 Å². The number of likely N-dealkylation sites (tertiary alicyclic amines) is 1. The number of rotatable bonds is 4. The predicted octanol–water partition coefficient (Wildman–Crippen LogP) is 5.19. The topological polar surface area (TPSA) is 45.2 Å². The average Bonchev–Trinajstić information content (AvgIpc) is 2.75. The number of pyridine rings is 1. The molecule has 1 amide bonds. The predicted molar refractivity (Wildman–Crippen MR) is 109 cm³/mol. The van der Waals surface area contributed by atoms with E-state index in [0.717, 1.165) is 37.2 Å². The van der Waals surface area contributed by atoms with Crippen LogP contribution in [0, 0.1) is 0 Å². The first-order valence-electron chi connectivity index (χ1n) is 10.4. The average molecular weight is 364 g/mol. The number of hydrogen-bond acceptors (Lipinski definition) is 3. The number of nitrogens with one attached hydrogen (secondary N) is 1. The maximum Gasteiger partial charge on any atom is 0.254 e. The first kappa shape index (κ1) is 18.0. The van der Waals surface area contributed by atoms with E-state index in [1.54, 1.807) is 0 Å². The van der Waals surface area contributed by atoms with Crippen molar-refractivity contribution in [3.05, 3.63) is 59.8 Å². The van der Waals surface area contributed by atoms with E-state index in [4.69, 9.17) is 0 Å². The highest BCUT2D eigenvalue weighted by molar-refractivity contribution is 5.94. The van der Waals surface area contributed by atoms with Crippen LogP contribution in [0.2, 0.25) is 0 Å². The van der Waals surface area contributed by atoms with Gasteiger partial charge in [-0.1, -0.05) is 43.5 Å². The van der Waals surface area contributed by atoms with E-state index in [1.807, 2.05) is 42.6 Å². The highest BCUT2D eigenvalue weighted by atomic mass is 16.2. The molecular weight excluding hydrogens is 334 g/mol. The fourth-order valence-corrected chi connectivity index (χ4v) is 4.49. The second kappa shape index (κ2) is 8.55. The molecule has 4 rings (SSSR count). The molecule has 1 atom stereocenters. The van der Waals surface area contributed by atoms with Gasteiger partial charge in [0.25, 0.3) is 5.91 Å². The summed E-state index contributed by atoms with van der Waals surface area (Å²) in [6.45, 7) is 0.816. The Morgan fingerprint density at radius 3 is 2.52 bits per heavy atom. The summed E-state index contributed by atoms with van der Waals surface area (Å²) < 4.78 is 0. The zero-order chi connectivity index (χ0) is 18.5. The van der Waals surface area contributed by atoms with Crippen molar-refractivity contribution in [3.63, 3.8) is 0 Å². The molecule has 1 aliphatic carbocycles. The summed E-state index contributed by atoms with van der Waals surface area (Å²) in [4.78, 5) is 19.9. The van der Waals surface area contributed by atoms with E-state index >= 15 is 0 Å². The molecule has 0 spiro atoms. The Kier molecular flexibility index (Phi) is 5.71. The van der Waals surface area contributed by atoms with Crippen LogP contribution in [-0.4, -0.2) is 28.4 Å². The maximum atomic E-state index is 13.2. The number of carbonyl (C=O) groups is 1. The minimum absolute atomic E-state index is 0.103. The van der Waals surface area contributed by atoms with Gasteiger partial charge in [0.1, 0.15) is 5.82 Å². The van der Waals surface area contributed by atoms with Crippen molar-refractivity contribution < 1.29 is 4.79 Å². The fourth-order valence-electron chi connectivity index (χ4n) is 4.49. The van der Waals surface area contributed by atoms with Crippen LogP contribution in [0.5, 0.6) is 0 Å². The van der Waals surface area contributed by atoms with Crippen LogP contribution in [0.15, 0.2) is 48.7 Å². The normalized spacial score (nSPS) is 21.0. The number of hydrogen-bond donors (Lipinski definition) is 1. The Morgan fingerprint density at radius 2 is 1.70 bits per heavy atom. The molecule has 1 N–H and O–H groups in total. The number of aromatic nitrogens is 1. The minimum Gasteiger partial charge on any atom is -0.367 e. The lowest BCUT2D eigenvalue weighted by atomic mass is 9.93. The third kappa shape index (κ3) is 4.15. The van der Waals surface area contributed by atoms with E-state index in [9.17, 15) is 4.79 Å². The fraction of sp³-hybridized carbons (Fsp3) is 0.478. The highest BCUT2D eigenvalue weighted by Crippen LogP contribution is 2.36. The summed E-state index contributed by atoms with van der Waals surface area (Å²) in [5.74, 6) is 1.11. The molecule has 1 aliphatic heterocycles. The largest absolute Gasteiger partial charge is 0.367 e. The first-order valence-corrected chi connectivity index (χ1v) is 10.4. The second-order valence-electron chi connectivity index (χ2n) is 7.80. The lowest BCUT2D eigenvalue weighted by Crippen LogP contribution is -2.39. The van der Waals surface area contributed by atoms with Crippen molar-refractivity contribution in [3.8, 4) is 0 Å². The standard InChI is InChI=1S/C23H29N3O/c27-23(18-10-3-1-4-11-18)26-17-8-7-15-21(26)20-14-9-16-24-22(20)25-19-12-5-2-6-13-19/h1,3-4,9-11,14,16,19,21H,2,5-8,12-13,15,17H2,(H,24,25)/t21-/m1/s1. The van der Waals surface area contributed by atoms with E-state index in [0.29, 0.717) is 6.04 Å². The maximum absolute atomic E-state index is 13.2. The van der Waals surface area contributed by atoms with Gasteiger partial charge >= 0.3 is 0 Å². The number of carbonyl (C=O) groups excluding carboxylic acids is 1. The van der Waals surface area contributed by atoms with Crippen molar-refractivity contribution in [1.82, 2.24) is 9.88 Å². The molecule has 1 aromatic carbocycles. The van der Waals surface area contributed by atoms with Crippen LogP contribution < -0.4 is 5.32 Å². The Morgan fingerprint density at radius 1 is 0.926 bits per heavy atom. The molecule has 1 aromatic heterocycles. The third-order valence-corrected chi connectivity index (χ3v) is 5.93. The number of benzene rings is 1. The van der Waals surface area contributed by atoms with Gasteiger partial charge in [0, 0.05) is 29.9 Å². The summed E-state index contributed by atoms with van der Waals surface area (Å²) in [6.07, 6.45) is 11.5. The van der Waals surface area contributed by atoms with Gasteiger partial charge < -0.3 is 10.2 Å². The molecule has 142 valence electrons. The molecule has 2 aromatic rings. The summed E-state index contributed by atoms with van der Waals surface area (Å²) >= 11 is 0. The molecule has 4 heteroatoms. The van der Waals surface area contributed by atoms with Gasteiger partial charge in [-0.15, -0.1) is 0 Å². The Labute approximate surface area is 162 Å². The van der Waals surface area contributed by atoms with Gasteiger partial charge in [-0.05, 0) is 50.3 Å². The van der Waals surface area contributed by atoms with Gasteiger partial charge in [-0.3, -0.25) is 4.79 Å². The first-order chi connectivity index (χ1) is 13.3. The lowest BCUT2D eigenvalue weighted by molar-refractivity contribution is 0.0612. The summed E-state index contributed by atoms with van der Waals surface area (Å²) in [7, 11) is 0. The molecule has 1 saturated heterocycles. The smallest absolute Gasteiger partial charge is 0.254 e. The molecule has 0 unspecified atom stereocenters. The summed E-state index contributed by atoms with van der Waals surface area (Å²) in [5.41, 5.74) is 1.95. The van der Waals surface area contributed by atoms with Crippen molar-refractivity contribution >= 4 is 11.7 Å². The van der Waals surface area contributed by atoms with E-state index in [-0.39, 0.29) is 11.9 Å². The van der Waals surface area contributed by atoms with Crippen molar-refractivity contribution in [2.24, 2.45) is 0 Å². The SMILES string of the molecule is O=C(c1ccccc1)N1CCCC[C@@H]1c1cccnc1NC1CCCCC1. The molecule has 2 heterocycles. The lowest BCUT2D eigenvalue weighted by Gasteiger charge is -2.37. The number of anilines is 1. The van der Waals surface area contributed by atoms with Crippen LogP contribution in [0.4, 0.5) is 5.82 Å². The van der Waals surface area contributed by atoms with Crippen LogP contribution in [0.3, 0.4) is 0 Å². The third-order valence-electron chi connectivity index (χ3n) is 5.93. The van der Waals surface area contributed by atoms with E-state index in [2.05, 4.69) is 21.3 Å². The Bertz CT molecular complexity index is 755. The molecule has 2 fully saturated rings. The van der Waals surface area contributed by atoms with Gasteiger partial charge in [0.05, 0.1) is 6.04 Å². The molecular formula is C23H29N3O. The van der Waals surface area contributed by atoms with E-state index in [1.165, 1.54) is 37.7 Å².